The number of rotatable bonds is 7. The second-order valence-corrected chi connectivity index (χ2v) is 8.23. The molecule has 128 valence electrons. The Morgan fingerprint density at radius 1 is 1.18 bits per heavy atom. The molecule has 0 aliphatic rings. The second kappa shape index (κ2) is 8.96. The van der Waals surface area contributed by atoms with Crippen LogP contribution in [0.15, 0.2) is 11.8 Å². The van der Waals surface area contributed by atoms with Crippen molar-refractivity contribution in [3.63, 3.8) is 0 Å². The average molecular weight is 335 g/mol. The summed E-state index contributed by atoms with van der Waals surface area (Å²) in [6, 6.07) is 0. The number of esters is 1. The van der Waals surface area contributed by atoms with Gasteiger partial charge in [0.2, 0.25) is 7.37 Å². The van der Waals surface area contributed by atoms with E-state index in [9.17, 15) is 14.2 Å². The van der Waals surface area contributed by atoms with Crippen molar-refractivity contribution in [1.82, 2.24) is 5.32 Å². The Balaban J connectivity index is 5.02. The van der Waals surface area contributed by atoms with Crippen LogP contribution in [-0.4, -0.2) is 43.7 Å². The zero-order valence-corrected chi connectivity index (χ0v) is 15.0. The minimum Gasteiger partial charge on any atom is -0.461 e. The zero-order valence-electron chi connectivity index (χ0n) is 14.1. The fourth-order valence-corrected chi connectivity index (χ4v) is 2.56. The van der Waals surface area contributed by atoms with Gasteiger partial charge in [-0.1, -0.05) is 0 Å². The molecule has 0 aromatic carbocycles. The number of carbonyl (C=O) groups is 2. The Morgan fingerprint density at radius 3 is 2.23 bits per heavy atom. The highest BCUT2D eigenvalue weighted by molar-refractivity contribution is 7.58. The lowest BCUT2D eigenvalue weighted by atomic mass is 10.2. The summed E-state index contributed by atoms with van der Waals surface area (Å²) < 4.78 is 27.1. The molecule has 0 bridgehead atoms. The summed E-state index contributed by atoms with van der Waals surface area (Å²) in [5.41, 5.74) is -0.812. The van der Waals surface area contributed by atoms with Gasteiger partial charge in [0.25, 0.3) is 0 Å². The van der Waals surface area contributed by atoms with Crippen molar-refractivity contribution in [2.75, 3.05) is 26.0 Å². The molecule has 0 saturated carbocycles. The Labute approximate surface area is 131 Å². The van der Waals surface area contributed by atoms with E-state index in [0.29, 0.717) is 6.61 Å². The predicted molar refractivity (Wildman–Crippen MR) is 84.1 cm³/mol. The van der Waals surface area contributed by atoms with E-state index in [0.717, 1.165) is 0 Å². The summed E-state index contributed by atoms with van der Waals surface area (Å²) in [5, 5.41) is 2.32. The van der Waals surface area contributed by atoms with E-state index < -0.39 is 25.0 Å². The molecule has 0 aliphatic heterocycles. The molecule has 0 heterocycles. The number of hydrogen-bond donors (Lipinski definition) is 1. The maximum Gasteiger partial charge on any atom is 0.412 e. The molecule has 0 fully saturated rings. The molecule has 0 aromatic rings. The highest BCUT2D eigenvalue weighted by Crippen LogP contribution is 2.42. The molecule has 0 spiro atoms. The van der Waals surface area contributed by atoms with Crippen molar-refractivity contribution < 1.29 is 28.2 Å². The molecule has 8 heteroatoms. The third-order valence-electron chi connectivity index (χ3n) is 2.16. The predicted octanol–water partition coefficient (Wildman–Crippen LogP) is 2.90. The van der Waals surface area contributed by atoms with Gasteiger partial charge >= 0.3 is 12.1 Å². The van der Waals surface area contributed by atoms with Crippen LogP contribution in [0, 0.1) is 0 Å². The van der Waals surface area contributed by atoms with Crippen LogP contribution in [0.25, 0.3) is 0 Å². The largest absolute Gasteiger partial charge is 0.461 e. The van der Waals surface area contributed by atoms with Crippen LogP contribution < -0.4 is 5.32 Å². The molecule has 7 nitrogen and oxygen atoms in total. The van der Waals surface area contributed by atoms with Crippen molar-refractivity contribution >= 4 is 19.4 Å². The molecular weight excluding hydrogens is 309 g/mol. The maximum atomic E-state index is 12.1. The van der Waals surface area contributed by atoms with Crippen molar-refractivity contribution in [2.45, 2.75) is 40.2 Å². The normalized spacial score (nSPS) is 14.9. The fourth-order valence-electron chi connectivity index (χ4n) is 1.39. The van der Waals surface area contributed by atoms with Crippen molar-refractivity contribution in [3.8, 4) is 0 Å². The smallest absolute Gasteiger partial charge is 0.412 e. The van der Waals surface area contributed by atoms with Gasteiger partial charge in [0.1, 0.15) is 11.3 Å². The number of hydrogen-bond acceptors (Lipinski definition) is 6. The van der Waals surface area contributed by atoms with Crippen LogP contribution in [-0.2, 0) is 23.4 Å². The van der Waals surface area contributed by atoms with E-state index in [-0.39, 0.29) is 18.5 Å². The van der Waals surface area contributed by atoms with Gasteiger partial charge in [-0.15, -0.1) is 0 Å². The summed E-state index contributed by atoms with van der Waals surface area (Å²) in [4.78, 5) is 23.6. The van der Waals surface area contributed by atoms with Crippen LogP contribution in [0.4, 0.5) is 4.79 Å². The van der Waals surface area contributed by atoms with E-state index in [1.807, 2.05) is 0 Å². The molecule has 1 N–H and O–H groups in total. The van der Waals surface area contributed by atoms with Crippen molar-refractivity contribution in [1.29, 1.82) is 0 Å². The van der Waals surface area contributed by atoms with Crippen LogP contribution >= 0.6 is 7.37 Å². The van der Waals surface area contributed by atoms with E-state index in [2.05, 4.69) is 5.32 Å². The third-order valence-corrected chi connectivity index (χ3v) is 3.81. The van der Waals surface area contributed by atoms with E-state index in [4.69, 9.17) is 14.0 Å². The summed E-state index contributed by atoms with van der Waals surface area (Å²) in [6.07, 6.45) is 0.553. The highest BCUT2D eigenvalue weighted by atomic mass is 31.2. The van der Waals surface area contributed by atoms with Gasteiger partial charge < -0.3 is 14.0 Å². The fraction of sp³-hybridized carbons (Fsp3) is 0.714. The standard InChI is InChI=1S/C14H26NO6P/c1-7-19-12(16)11(9-10-22(6,18)20-8-2)15-13(17)21-14(3,4)5/h9H,7-8,10H2,1-6H3,(H,15,17). The first kappa shape index (κ1) is 20.7. The Bertz CT molecular complexity index is 466. The number of amides is 1. The number of carbonyl (C=O) groups excluding carboxylic acids is 2. The Kier molecular flexibility index (Phi) is 8.41. The van der Waals surface area contributed by atoms with Crippen LogP contribution in [0.5, 0.6) is 0 Å². The van der Waals surface area contributed by atoms with Gasteiger partial charge in [-0.05, 0) is 40.7 Å². The van der Waals surface area contributed by atoms with Gasteiger partial charge in [0.15, 0.2) is 0 Å². The second-order valence-electron chi connectivity index (χ2n) is 5.58. The highest BCUT2D eigenvalue weighted by Gasteiger charge is 2.22. The lowest BCUT2D eigenvalue weighted by molar-refractivity contribution is -0.139. The van der Waals surface area contributed by atoms with Gasteiger partial charge in [0.05, 0.1) is 13.2 Å². The minimum atomic E-state index is -2.87. The van der Waals surface area contributed by atoms with Gasteiger partial charge in [-0.3, -0.25) is 9.88 Å². The summed E-state index contributed by atoms with van der Waals surface area (Å²) in [7, 11) is -2.87. The molecule has 1 unspecified atom stereocenters. The van der Waals surface area contributed by atoms with Crippen LogP contribution in [0.3, 0.4) is 0 Å². The number of alkyl carbamates (subject to hydrolysis) is 1. The summed E-state index contributed by atoms with van der Waals surface area (Å²) >= 11 is 0. The first-order chi connectivity index (χ1) is 10.0. The quantitative estimate of drug-likeness (QED) is 0.437. The topological polar surface area (TPSA) is 90.9 Å². The molecule has 1 atom stereocenters. The van der Waals surface area contributed by atoms with Crippen LogP contribution in [0.1, 0.15) is 34.6 Å². The van der Waals surface area contributed by atoms with E-state index >= 15 is 0 Å². The van der Waals surface area contributed by atoms with Crippen LogP contribution in [0.2, 0.25) is 0 Å². The van der Waals surface area contributed by atoms with Gasteiger partial charge in [-0.2, -0.15) is 0 Å². The molecule has 0 rings (SSSR count). The van der Waals surface area contributed by atoms with Gasteiger partial charge in [0, 0.05) is 12.8 Å². The monoisotopic (exact) mass is 335 g/mol. The Morgan fingerprint density at radius 2 is 1.77 bits per heavy atom. The average Bonchev–Trinajstić information content (AvgIpc) is 2.32. The first-order valence-corrected chi connectivity index (χ1v) is 9.34. The molecule has 0 aliphatic carbocycles. The summed E-state index contributed by atoms with van der Waals surface area (Å²) in [6.45, 7) is 10.4. The van der Waals surface area contributed by atoms with Gasteiger partial charge in [-0.25, -0.2) is 9.59 Å². The van der Waals surface area contributed by atoms with Crippen molar-refractivity contribution in [2.24, 2.45) is 0 Å². The SMILES string of the molecule is CCOC(=O)C(=CCP(C)(=O)OCC)NC(=O)OC(C)(C)C. The summed E-state index contributed by atoms with van der Waals surface area (Å²) in [5.74, 6) is -0.718. The molecule has 0 aromatic heterocycles. The molecular formula is C14H26NO6P. The minimum absolute atomic E-state index is 0.00475. The first-order valence-electron chi connectivity index (χ1n) is 7.09. The Hall–Kier alpha value is -1.33. The lowest BCUT2D eigenvalue weighted by Crippen LogP contribution is -2.34. The number of ether oxygens (including phenoxy) is 2. The molecule has 22 heavy (non-hydrogen) atoms. The lowest BCUT2D eigenvalue weighted by Gasteiger charge is -2.20. The van der Waals surface area contributed by atoms with E-state index in [1.165, 1.54) is 12.7 Å². The number of allylic oxidation sites excluding steroid dienone is 1. The molecule has 1 amide bonds. The number of nitrogens with one attached hydrogen (secondary N) is 1. The van der Waals surface area contributed by atoms with Crippen molar-refractivity contribution in [3.05, 3.63) is 11.8 Å². The zero-order chi connectivity index (χ0) is 17.4. The van der Waals surface area contributed by atoms with E-state index in [1.54, 1.807) is 34.6 Å². The maximum absolute atomic E-state index is 12.1. The third kappa shape index (κ3) is 9.58. The molecule has 0 radical (unpaired) electrons. The molecule has 0 saturated heterocycles.